The van der Waals surface area contributed by atoms with Crippen molar-refractivity contribution in [1.29, 1.82) is 0 Å². The van der Waals surface area contributed by atoms with Gasteiger partial charge in [-0.15, -0.1) is 0 Å². The van der Waals surface area contributed by atoms with E-state index in [1.54, 1.807) is 30.3 Å². The normalized spacial score (nSPS) is 16.1. The fourth-order valence-electron chi connectivity index (χ4n) is 5.00. The summed E-state index contributed by atoms with van der Waals surface area (Å²) in [4.78, 5) is 48.9. The Morgan fingerprint density at radius 2 is 1.54 bits per heavy atom. The third-order valence-electron chi connectivity index (χ3n) is 6.84. The van der Waals surface area contributed by atoms with E-state index in [0.717, 1.165) is 21.3 Å². The fraction of sp³-hybridized carbons (Fsp3) is 0.250. The predicted molar refractivity (Wildman–Crippen MR) is 137 cm³/mol. The number of carbonyl (C=O) groups excluding carboxylic acids is 2. The summed E-state index contributed by atoms with van der Waals surface area (Å²) in [5.41, 5.74) is -0.136. The van der Waals surface area contributed by atoms with Crippen LogP contribution in [0.5, 0.6) is 0 Å². The lowest BCUT2D eigenvalue weighted by Gasteiger charge is -2.36. The van der Waals surface area contributed by atoms with Crippen LogP contribution in [0.1, 0.15) is 20.7 Å². The maximum Gasteiger partial charge on any atom is 0.296 e. The summed E-state index contributed by atoms with van der Waals surface area (Å²) in [7, 11) is -4.34. The molecule has 202 valence electrons. The number of hydrogen-bond acceptors (Lipinski definition) is 10. The van der Waals surface area contributed by atoms with Gasteiger partial charge in [-0.25, -0.2) is 8.42 Å². The Labute approximate surface area is 221 Å². The molecule has 2 heterocycles. The number of amides is 2. The number of non-ortho nitro benzene ring substituents is 1. The summed E-state index contributed by atoms with van der Waals surface area (Å²) >= 11 is 0. The first-order chi connectivity index (χ1) is 18.6. The lowest BCUT2D eigenvalue weighted by atomic mass is 9.92. The number of carbonyl (C=O) groups is 2. The van der Waals surface area contributed by atoms with Gasteiger partial charge in [0.1, 0.15) is 0 Å². The standard InChI is InChI=1S/C24H21N5O9S/c30-13-12-27-23(31)17-3-1-2-16-19(6-5-18(22(16)17)24(27)32)25-8-10-26(11-9-25)39(37,38)21-7-4-15(28(33)34)14-20(21)29(35)36/h1-7,14,30H,8-13H2. The predicted octanol–water partition coefficient (Wildman–Crippen LogP) is 1.76. The average Bonchev–Trinajstić information content (AvgIpc) is 2.93. The lowest BCUT2D eigenvalue weighted by Crippen LogP contribution is -2.49. The molecule has 5 rings (SSSR count). The first-order valence-corrected chi connectivity index (χ1v) is 13.2. The van der Waals surface area contributed by atoms with E-state index in [1.165, 1.54) is 0 Å². The minimum Gasteiger partial charge on any atom is -0.395 e. The zero-order chi connectivity index (χ0) is 28.1. The zero-order valence-corrected chi connectivity index (χ0v) is 21.0. The van der Waals surface area contributed by atoms with Gasteiger partial charge in [0.15, 0.2) is 4.90 Å². The van der Waals surface area contributed by atoms with Gasteiger partial charge in [-0.1, -0.05) is 12.1 Å². The third-order valence-corrected chi connectivity index (χ3v) is 8.79. The van der Waals surface area contributed by atoms with Crippen LogP contribution < -0.4 is 4.90 Å². The molecule has 15 heteroatoms. The number of aliphatic hydroxyl groups is 1. The average molecular weight is 556 g/mol. The highest BCUT2D eigenvalue weighted by molar-refractivity contribution is 7.89. The number of nitro benzene ring substituents is 2. The van der Waals surface area contributed by atoms with Gasteiger partial charge in [-0.3, -0.25) is 34.7 Å². The van der Waals surface area contributed by atoms with Crippen LogP contribution >= 0.6 is 0 Å². The molecule has 1 saturated heterocycles. The van der Waals surface area contributed by atoms with Gasteiger partial charge < -0.3 is 10.0 Å². The summed E-state index contributed by atoms with van der Waals surface area (Å²) in [6.07, 6.45) is 0. The van der Waals surface area contributed by atoms with Crippen molar-refractivity contribution in [2.75, 3.05) is 44.2 Å². The van der Waals surface area contributed by atoms with Crippen molar-refractivity contribution in [1.82, 2.24) is 9.21 Å². The molecule has 0 saturated carbocycles. The van der Waals surface area contributed by atoms with E-state index in [0.29, 0.717) is 33.7 Å². The van der Waals surface area contributed by atoms with Crippen LogP contribution in [0.2, 0.25) is 0 Å². The summed E-state index contributed by atoms with van der Waals surface area (Å²) in [5.74, 6) is -1.02. The maximum atomic E-state index is 13.3. The van der Waals surface area contributed by atoms with Crippen LogP contribution in [0.25, 0.3) is 10.8 Å². The van der Waals surface area contributed by atoms with Crippen LogP contribution in [0.15, 0.2) is 53.4 Å². The topological polar surface area (TPSA) is 185 Å². The number of anilines is 1. The molecule has 0 radical (unpaired) electrons. The second-order valence-corrected chi connectivity index (χ2v) is 10.8. The molecule has 0 atom stereocenters. The largest absolute Gasteiger partial charge is 0.395 e. The van der Waals surface area contributed by atoms with Gasteiger partial charge in [-0.05, 0) is 24.3 Å². The highest BCUT2D eigenvalue weighted by Crippen LogP contribution is 2.37. The van der Waals surface area contributed by atoms with Crippen LogP contribution in [0, 0.1) is 20.2 Å². The van der Waals surface area contributed by atoms with Crippen molar-refractivity contribution in [2.45, 2.75) is 4.90 Å². The Kier molecular flexibility index (Phi) is 6.49. The van der Waals surface area contributed by atoms with E-state index in [-0.39, 0.29) is 39.3 Å². The molecule has 0 unspecified atom stereocenters. The Morgan fingerprint density at radius 1 is 0.872 bits per heavy atom. The minimum atomic E-state index is -4.34. The number of benzene rings is 3. The molecule has 1 N–H and O–H groups in total. The summed E-state index contributed by atoms with van der Waals surface area (Å²) in [6.45, 7) is -0.132. The van der Waals surface area contributed by atoms with Gasteiger partial charge in [-0.2, -0.15) is 4.31 Å². The first-order valence-electron chi connectivity index (χ1n) is 11.8. The quantitative estimate of drug-likeness (QED) is 0.256. The molecule has 2 amide bonds. The van der Waals surface area contributed by atoms with Gasteiger partial charge >= 0.3 is 0 Å². The molecular formula is C24H21N5O9S. The van der Waals surface area contributed by atoms with Gasteiger partial charge in [0, 0.05) is 59.8 Å². The molecule has 0 bridgehead atoms. The molecule has 39 heavy (non-hydrogen) atoms. The van der Waals surface area contributed by atoms with Crippen molar-refractivity contribution in [3.05, 3.63) is 79.9 Å². The number of hydrogen-bond donors (Lipinski definition) is 1. The van der Waals surface area contributed by atoms with Crippen molar-refractivity contribution >= 4 is 49.7 Å². The van der Waals surface area contributed by atoms with E-state index in [2.05, 4.69) is 0 Å². The highest BCUT2D eigenvalue weighted by atomic mass is 32.2. The molecule has 0 aliphatic carbocycles. The first kappa shape index (κ1) is 26.1. The fourth-order valence-corrected chi connectivity index (χ4v) is 6.56. The number of imide groups is 1. The monoisotopic (exact) mass is 555 g/mol. The van der Waals surface area contributed by atoms with Crippen LogP contribution in [-0.2, 0) is 10.0 Å². The number of piperazine rings is 1. The smallest absolute Gasteiger partial charge is 0.296 e. The van der Waals surface area contributed by atoms with Crippen molar-refractivity contribution < 1.29 is 33.0 Å². The molecule has 3 aromatic carbocycles. The van der Waals surface area contributed by atoms with Gasteiger partial charge in [0.05, 0.1) is 29.1 Å². The zero-order valence-electron chi connectivity index (χ0n) is 20.2. The SMILES string of the molecule is O=C1c2cccc3c(N4CCN(S(=O)(=O)c5ccc([N+](=O)[O-])cc5[N+](=O)[O-])CC4)ccc(c23)C(=O)N1CCO. The molecule has 2 aliphatic heterocycles. The highest BCUT2D eigenvalue weighted by Gasteiger charge is 2.37. The number of β-amino-alcohol motifs (C(OH)–C–C–N with tert-alkyl or cyclic N) is 1. The van der Waals surface area contributed by atoms with Gasteiger partial charge in [0.25, 0.3) is 23.2 Å². The summed E-state index contributed by atoms with van der Waals surface area (Å²) in [5, 5.41) is 32.9. The van der Waals surface area contributed by atoms with Crippen molar-refractivity contribution in [3.63, 3.8) is 0 Å². The third kappa shape index (κ3) is 4.25. The Balaban J connectivity index is 1.44. The molecular weight excluding hydrogens is 534 g/mol. The molecule has 0 aromatic heterocycles. The lowest BCUT2D eigenvalue weighted by molar-refractivity contribution is -0.396. The van der Waals surface area contributed by atoms with Gasteiger partial charge in [0.2, 0.25) is 10.0 Å². The number of nitro groups is 2. The Morgan fingerprint density at radius 3 is 2.15 bits per heavy atom. The van der Waals surface area contributed by atoms with E-state index >= 15 is 0 Å². The van der Waals surface area contributed by atoms with E-state index < -0.39 is 48.0 Å². The molecule has 1 fully saturated rings. The molecule has 14 nitrogen and oxygen atoms in total. The minimum absolute atomic E-state index is 0.0262. The number of sulfonamides is 1. The number of nitrogens with zero attached hydrogens (tertiary/aromatic N) is 5. The number of rotatable bonds is 7. The molecule has 3 aromatic rings. The second-order valence-electron chi connectivity index (χ2n) is 8.90. The van der Waals surface area contributed by atoms with Crippen LogP contribution in [-0.4, -0.2) is 83.7 Å². The van der Waals surface area contributed by atoms with E-state index in [9.17, 15) is 43.3 Å². The summed E-state index contributed by atoms with van der Waals surface area (Å²) in [6, 6.07) is 10.8. The molecule has 2 aliphatic rings. The number of aliphatic hydroxyl groups excluding tert-OH is 1. The summed E-state index contributed by atoms with van der Waals surface area (Å²) < 4.78 is 27.6. The van der Waals surface area contributed by atoms with E-state index in [1.807, 2.05) is 4.90 Å². The molecule has 0 spiro atoms. The van der Waals surface area contributed by atoms with Crippen molar-refractivity contribution in [2.24, 2.45) is 0 Å². The second kappa shape index (κ2) is 9.68. The van der Waals surface area contributed by atoms with E-state index in [4.69, 9.17) is 0 Å². The van der Waals surface area contributed by atoms with Crippen LogP contribution in [0.3, 0.4) is 0 Å². The van der Waals surface area contributed by atoms with Crippen LogP contribution in [0.4, 0.5) is 17.1 Å². The Hall–Kier alpha value is -4.47. The van der Waals surface area contributed by atoms with Crippen molar-refractivity contribution in [3.8, 4) is 0 Å². The maximum absolute atomic E-state index is 13.3. The Bertz CT molecular complexity index is 1640.